The van der Waals surface area contributed by atoms with Crippen LogP contribution in [0, 0.1) is 0 Å². The van der Waals surface area contributed by atoms with E-state index in [9.17, 15) is 4.79 Å². The maximum Gasteiger partial charge on any atom is 0.261 e. The minimum atomic E-state index is -0.166. The molecule has 0 atom stereocenters. The zero-order valence-corrected chi connectivity index (χ0v) is 19.6. The molecule has 3 aromatic rings. The Hall–Kier alpha value is -1.71. The summed E-state index contributed by atoms with van der Waals surface area (Å²) in [7, 11) is 1.63. The van der Waals surface area contributed by atoms with E-state index < -0.39 is 0 Å². The number of fused-ring (bicyclic) bond motifs is 1. The van der Waals surface area contributed by atoms with Crippen molar-refractivity contribution in [3.63, 3.8) is 0 Å². The van der Waals surface area contributed by atoms with Crippen molar-refractivity contribution in [3.05, 3.63) is 51.5 Å². The number of methoxy groups -OCH3 is 1. The highest BCUT2D eigenvalue weighted by atomic mass is 79.9. The van der Waals surface area contributed by atoms with Gasteiger partial charge in [0.05, 0.1) is 41.1 Å². The van der Waals surface area contributed by atoms with Crippen molar-refractivity contribution in [1.29, 1.82) is 0 Å². The number of carbonyl (C=O) groups excluding carboxylic acids is 1. The van der Waals surface area contributed by atoms with E-state index in [0.29, 0.717) is 35.5 Å². The first-order chi connectivity index (χ1) is 14.5. The van der Waals surface area contributed by atoms with Gasteiger partial charge in [-0.25, -0.2) is 4.98 Å². The van der Waals surface area contributed by atoms with Crippen molar-refractivity contribution in [1.82, 2.24) is 9.88 Å². The molecule has 2 aromatic carbocycles. The molecule has 0 unspecified atom stereocenters. The van der Waals surface area contributed by atoms with Crippen LogP contribution in [0.1, 0.15) is 10.4 Å². The Balaban J connectivity index is 1.67. The molecule has 0 bridgehead atoms. The molecule has 2 heterocycles. The Morgan fingerprint density at radius 1 is 1.30 bits per heavy atom. The number of carbonyl (C=O) groups is 1. The zero-order valence-electron chi connectivity index (χ0n) is 16.4. The standard InChI is InChI=1S/C21H21BrClN3O3S/c1-28-15-3-5-19-18(13-15)24-21(30-19)26(7-6-25-8-10-29-11-9-25)20(27)16-12-14(22)2-4-17(16)23/h2-5,12-13H,6-11H2,1H3. The number of halogens is 2. The topological polar surface area (TPSA) is 54.9 Å². The molecule has 158 valence electrons. The molecule has 1 amide bonds. The second-order valence-electron chi connectivity index (χ2n) is 6.87. The van der Waals surface area contributed by atoms with Crippen LogP contribution in [-0.4, -0.2) is 62.3 Å². The largest absolute Gasteiger partial charge is 0.497 e. The predicted molar refractivity (Wildman–Crippen MR) is 124 cm³/mol. The fourth-order valence-corrected chi connectivity index (χ4v) is 4.82. The summed E-state index contributed by atoms with van der Waals surface area (Å²) in [5.41, 5.74) is 1.25. The van der Waals surface area contributed by atoms with Crippen molar-refractivity contribution in [2.24, 2.45) is 0 Å². The summed E-state index contributed by atoms with van der Waals surface area (Å²) >= 11 is 11.3. The number of thiazole rings is 1. The van der Waals surface area contributed by atoms with Crippen LogP contribution < -0.4 is 9.64 Å². The van der Waals surface area contributed by atoms with Gasteiger partial charge >= 0.3 is 0 Å². The van der Waals surface area contributed by atoms with Crippen molar-refractivity contribution >= 4 is 60.1 Å². The van der Waals surface area contributed by atoms with Crippen LogP contribution in [0.5, 0.6) is 5.75 Å². The van der Waals surface area contributed by atoms with Crippen LogP contribution in [0.25, 0.3) is 10.2 Å². The summed E-state index contributed by atoms with van der Waals surface area (Å²) < 4.78 is 12.5. The number of nitrogens with zero attached hydrogens (tertiary/aromatic N) is 3. The molecular formula is C21H21BrClN3O3S. The highest BCUT2D eigenvalue weighted by Gasteiger charge is 2.24. The Morgan fingerprint density at radius 3 is 2.87 bits per heavy atom. The van der Waals surface area contributed by atoms with Gasteiger partial charge in [0.1, 0.15) is 5.75 Å². The zero-order chi connectivity index (χ0) is 21.1. The van der Waals surface area contributed by atoms with E-state index in [0.717, 1.165) is 40.1 Å². The lowest BCUT2D eigenvalue weighted by molar-refractivity contribution is 0.0391. The van der Waals surface area contributed by atoms with Crippen LogP contribution in [0.15, 0.2) is 40.9 Å². The average Bonchev–Trinajstić information content (AvgIpc) is 3.19. The van der Waals surface area contributed by atoms with E-state index in [4.69, 9.17) is 26.1 Å². The number of morpholine rings is 1. The van der Waals surface area contributed by atoms with Crippen molar-refractivity contribution in [3.8, 4) is 5.75 Å². The number of aromatic nitrogens is 1. The predicted octanol–water partition coefficient (Wildman–Crippen LogP) is 4.70. The van der Waals surface area contributed by atoms with E-state index in [2.05, 4.69) is 20.8 Å². The normalized spacial score (nSPS) is 14.8. The summed E-state index contributed by atoms with van der Waals surface area (Å²) in [5, 5.41) is 1.06. The maximum absolute atomic E-state index is 13.5. The third-order valence-corrected chi connectivity index (χ3v) is 6.84. The van der Waals surface area contributed by atoms with Gasteiger partial charge in [0.25, 0.3) is 5.91 Å². The molecule has 1 fully saturated rings. The second kappa shape index (κ2) is 9.62. The van der Waals surface area contributed by atoms with E-state index >= 15 is 0 Å². The fraction of sp³-hybridized carbons (Fsp3) is 0.333. The molecule has 30 heavy (non-hydrogen) atoms. The monoisotopic (exact) mass is 509 g/mol. The quantitative estimate of drug-likeness (QED) is 0.481. The van der Waals surface area contributed by atoms with Gasteiger partial charge in [0.15, 0.2) is 5.13 Å². The van der Waals surface area contributed by atoms with Gasteiger partial charge in [-0.3, -0.25) is 14.6 Å². The van der Waals surface area contributed by atoms with E-state index in [1.165, 1.54) is 11.3 Å². The number of amides is 1. The van der Waals surface area contributed by atoms with E-state index in [1.807, 2.05) is 24.3 Å². The summed E-state index contributed by atoms with van der Waals surface area (Å²) in [6, 6.07) is 11.0. The van der Waals surface area contributed by atoms with Gasteiger partial charge in [0.2, 0.25) is 0 Å². The summed E-state index contributed by atoms with van der Waals surface area (Å²) in [6.45, 7) is 4.39. The van der Waals surface area contributed by atoms with Gasteiger partial charge < -0.3 is 9.47 Å². The van der Waals surface area contributed by atoms with Crippen molar-refractivity contribution in [2.75, 3.05) is 51.4 Å². The van der Waals surface area contributed by atoms with Gasteiger partial charge in [0, 0.05) is 36.7 Å². The molecule has 0 aliphatic carbocycles. The highest BCUT2D eigenvalue weighted by Crippen LogP contribution is 2.33. The molecule has 1 aromatic heterocycles. The minimum absolute atomic E-state index is 0.166. The Labute approximate surface area is 192 Å². The number of rotatable bonds is 6. The third kappa shape index (κ3) is 4.78. The minimum Gasteiger partial charge on any atom is -0.497 e. The maximum atomic E-state index is 13.5. The van der Waals surface area contributed by atoms with E-state index in [-0.39, 0.29) is 5.91 Å². The van der Waals surface area contributed by atoms with Gasteiger partial charge in [-0.2, -0.15) is 0 Å². The summed E-state index contributed by atoms with van der Waals surface area (Å²) in [5.74, 6) is 0.571. The molecular weight excluding hydrogens is 490 g/mol. The van der Waals surface area contributed by atoms with Gasteiger partial charge in [-0.05, 0) is 30.3 Å². The number of ether oxygens (including phenoxy) is 2. The molecule has 0 radical (unpaired) electrons. The number of hydrogen-bond acceptors (Lipinski definition) is 6. The smallest absolute Gasteiger partial charge is 0.261 e. The van der Waals surface area contributed by atoms with Gasteiger partial charge in [-0.15, -0.1) is 0 Å². The van der Waals surface area contributed by atoms with Gasteiger partial charge in [-0.1, -0.05) is 38.9 Å². The molecule has 1 aliphatic heterocycles. The second-order valence-corrected chi connectivity index (χ2v) is 9.20. The first kappa shape index (κ1) is 21.5. The molecule has 1 aliphatic rings. The average molecular weight is 511 g/mol. The van der Waals surface area contributed by atoms with Crippen molar-refractivity contribution in [2.45, 2.75) is 0 Å². The Kier molecular flexibility index (Phi) is 6.90. The van der Waals surface area contributed by atoms with Crippen LogP contribution in [0.2, 0.25) is 5.02 Å². The number of anilines is 1. The van der Waals surface area contributed by atoms with Crippen LogP contribution in [0.3, 0.4) is 0 Å². The summed E-state index contributed by atoms with van der Waals surface area (Å²) in [4.78, 5) is 22.3. The molecule has 0 saturated carbocycles. The SMILES string of the molecule is COc1ccc2sc(N(CCN3CCOCC3)C(=O)c3cc(Br)ccc3Cl)nc2c1. The van der Waals surface area contributed by atoms with Crippen LogP contribution in [-0.2, 0) is 4.74 Å². The lowest BCUT2D eigenvalue weighted by Crippen LogP contribution is -2.43. The Morgan fingerprint density at radius 2 is 2.10 bits per heavy atom. The molecule has 9 heteroatoms. The number of hydrogen-bond donors (Lipinski definition) is 0. The molecule has 0 N–H and O–H groups in total. The lowest BCUT2D eigenvalue weighted by atomic mass is 10.2. The lowest BCUT2D eigenvalue weighted by Gasteiger charge is -2.29. The summed E-state index contributed by atoms with van der Waals surface area (Å²) in [6.07, 6.45) is 0. The first-order valence-electron chi connectivity index (χ1n) is 9.57. The van der Waals surface area contributed by atoms with Crippen molar-refractivity contribution < 1.29 is 14.3 Å². The highest BCUT2D eigenvalue weighted by molar-refractivity contribution is 9.10. The van der Waals surface area contributed by atoms with Crippen LogP contribution in [0.4, 0.5) is 5.13 Å². The fourth-order valence-electron chi connectivity index (χ4n) is 3.29. The molecule has 4 rings (SSSR count). The molecule has 1 saturated heterocycles. The number of benzene rings is 2. The molecule has 6 nitrogen and oxygen atoms in total. The van der Waals surface area contributed by atoms with Crippen LogP contribution >= 0.6 is 38.9 Å². The van der Waals surface area contributed by atoms with E-state index in [1.54, 1.807) is 24.1 Å². The first-order valence-corrected chi connectivity index (χ1v) is 11.6. The third-order valence-electron chi connectivity index (χ3n) is 4.96. The Bertz CT molecular complexity index is 1060. The molecule has 0 spiro atoms.